The third kappa shape index (κ3) is 8.25. The average Bonchev–Trinajstić information content (AvgIpc) is 3.57. The molecule has 228 valence electrons. The molecule has 1 aliphatic heterocycles. The van der Waals surface area contributed by atoms with Gasteiger partial charge in [-0.3, -0.25) is 9.59 Å². The fourth-order valence-corrected chi connectivity index (χ4v) is 5.10. The predicted octanol–water partition coefficient (Wildman–Crippen LogP) is 3.97. The molecule has 1 amide bonds. The summed E-state index contributed by atoms with van der Waals surface area (Å²) in [4.78, 5) is 32.4. The summed E-state index contributed by atoms with van der Waals surface area (Å²) in [7, 11) is 0. The smallest absolute Gasteiger partial charge is 0.327 e. The second-order valence-corrected chi connectivity index (χ2v) is 10.4. The van der Waals surface area contributed by atoms with Gasteiger partial charge in [0.25, 0.3) is 5.91 Å². The minimum atomic E-state index is -0.984. The third-order valence-electron chi connectivity index (χ3n) is 7.27. The lowest BCUT2D eigenvalue weighted by Gasteiger charge is -2.47. The van der Waals surface area contributed by atoms with Crippen LogP contribution in [0.2, 0.25) is 0 Å². The second-order valence-electron chi connectivity index (χ2n) is 10.4. The van der Waals surface area contributed by atoms with Crippen LogP contribution in [0.3, 0.4) is 0 Å². The van der Waals surface area contributed by atoms with E-state index in [1.54, 1.807) is 11.0 Å². The van der Waals surface area contributed by atoms with E-state index in [0.29, 0.717) is 0 Å². The van der Waals surface area contributed by atoms with Gasteiger partial charge in [-0.05, 0) is 16.7 Å². The molecule has 1 fully saturated rings. The van der Waals surface area contributed by atoms with E-state index in [0.717, 1.165) is 16.7 Å². The SMILES string of the molecule is C=CCN1C(=O)[C@H](OCc2ccccc2)[C@H](OCc2ccccc2)[C@H](OCc2ccccc2)[C@H]1COC(=O)Cn1cncn1. The van der Waals surface area contributed by atoms with Crippen molar-refractivity contribution in [1.29, 1.82) is 0 Å². The van der Waals surface area contributed by atoms with E-state index in [-0.39, 0.29) is 45.4 Å². The Kier molecular flexibility index (Phi) is 11.0. The normalized spacial score (nSPS) is 19.9. The minimum Gasteiger partial charge on any atom is -0.462 e. The van der Waals surface area contributed by atoms with E-state index in [4.69, 9.17) is 18.9 Å². The molecule has 0 bridgehead atoms. The van der Waals surface area contributed by atoms with Crippen LogP contribution in [-0.2, 0) is 54.9 Å². The Bertz CT molecular complexity index is 1450. The number of piperidine rings is 1. The molecule has 0 aliphatic carbocycles. The monoisotopic (exact) mass is 596 g/mol. The van der Waals surface area contributed by atoms with Crippen molar-refractivity contribution in [1.82, 2.24) is 19.7 Å². The van der Waals surface area contributed by atoms with E-state index >= 15 is 0 Å². The molecular formula is C34H36N4O6. The minimum absolute atomic E-state index is 0.117. The number of rotatable bonds is 15. The molecule has 10 nitrogen and oxygen atoms in total. The van der Waals surface area contributed by atoms with Gasteiger partial charge in [0.15, 0.2) is 6.10 Å². The lowest BCUT2D eigenvalue weighted by atomic mass is 9.92. The molecule has 10 heteroatoms. The lowest BCUT2D eigenvalue weighted by Crippen LogP contribution is -2.67. The fraction of sp³-hybridized carbons (Fsp3) is 0.294. The van der Waals surface area contributed by atoms with Gasteiger partial charge in [0, 0.05) is 6.54 Å². The topological polar surface area (TPSA) is 105 Å². The number of ether oxygens (including phenoxy) is 4. The quantitative estimate of drug-likeness (QED) is 0.150. The van der Waals surface area contributed by atoms with Crippen molar-refractivity contribution in [2.24, 2.45) is 0 Å². The van der Waals surface area contributed by atoms with Crippen LogP contribution in [0.1, 0.15) is 16.7 Å². The molecule has 0 unspecified atom stereocenters. The molecule has 1 aliphatic rings. The fourth-order valence-electron chi connectivity index (χ4n) is 5.10. The predicted molar refractivity (Wildman–Crippen MR) is 162 cm³/mol. The highest BCUT2D eigenvalue weighted by molar-refractivity contribution is 5.83. The van der Waals surface area contributed by atoms with E-state index in [1.807, 2.05) is 91.0 Å². The number of hydrogen-bond donors (Lipinski definition) is 0. The van der Waals surface area contributed by atoms with E-state index in [2.05, 4.69) is 16.7 Å². The van der Waals surface area contributed by atoms with Crippen LogP contribution < -0.4 is 0 Å². The zero-order valence-corrected chi connectivity index (χ0v) is 24.4. The third-order valence-corrected chi connectivity index (χ3v) is 7.27. The number of likely N-dealkylation sites (tertiary alicyclic amines) is 1. The first-order valence-corrected chi connectivity index (χ1v) is 14.5. The van der Waals surface area contributed by atoms with Gasteiger partial charge < -0.3 is 23.8 Å². The Morgan fingerprint density at radius 3 is 1.86 bits per heavy atom. The van der Waals surface area contributed by atoms with Crippen molar-refractivity contribution in [2.45, 2.75) is 50.7 Å². The van der Waals surface area contributed by atoms with Gasteiger partial charge in [-0.2, -0.15) is 5.10 Å². The van der Waals surface area contributed by atoms with Crippen LogP contribution >= 0.6 is 0 Å². The summed E-state index contributed by atoms with van der Waals surface area (Å²) in [6.07, 6.45) is 1.91. The summed E-state index contributed by atoms with van der Waals surface area (Å²) in [6, 6.07) is 28.4. The Hall–Kier alpha value is -4.64. The maximum Gasteiger partial charge on any atom is 0.327 e. The standard InChI is InChI=1S/C34H36N4O6/c1-2-18-38-29(23-41-30(39)19-37-25-35-24-36-37)31(42-20-26-12-6-3-7-13-26)32(43-21-27-14-8-4-9-15-27)33(34(38)40)44-22-28-16-10-5-11-17-28/h2-17,24-25,29,31-33H,1,18-23H2/t29-,31-,32-,33-/m1/s1. The van der Waals surface area contributed by atoms with Gasteiger partial charge in [0.1, 0.15) is 38.0 Å². The molecule has 1 saturated heterocycles. The number of carbonyl (C=O) groups excluding carboxylic acids is 2. The highest BCUT2D eigenvalue weighted by atomic mass is 16.6. The zero-order valence-electron chi connectivity index (χ0n) is 24.4. The van der Waals surface area contributed by atoms with Gasteiger partial charge in [0.2, 0.25) is 0 Å². The van der Waals surface area contributed by atoms with Crippen LogP contribution in [0.5, 0.6) is 0 Å². The molecule has 4 atom stereocenters. The summed E-state index contributed by atoms with van der Waals surface area (Å²) in [6.45, 7) is 4.51. The number of nitrogens with zero attached hydrogens (tertiary/aromatic N) is 4. The van der Waals surface area contributed by atoms with Crippen molar-refractivity contribution in [2.75, 3.05) is 13.2 Å². The number of aromatic nitrogens is 3. The summed E-state index contributed by atoms with van der Waals surface area (Å²) in [5, 5.41) is 3.97. The number of hydrogen-bond acceptors (Lipinski definition) is 8. The number of esters is 1. The van der Waals surface area contributed by atoms with Crippen LogP contribution in [0.25, 0.3) is 0 Å². The van der Waals surface area contributed by atoms with E-state index < -0.39 is 30.3 Å². The maximum absolute atomic E-state index is 14.1. The molecule has 0 N–H and O–H groups in total. The molecule has 2 heterocycles. The number of benzene rings is 3. The van der Waals surface area contributed by atoms with Crippen LogP contribution in [-0.4, -0.2) is 69.0 Å². The van der Waals surface area contributed by atoms with Gasteiger partial charge in [-0.15, -0.1) is 6.58 Å². The highest BCUT2D eigenvalue weighted by Crippen LogP contribution is 2.30. The van der Waals surface area contributed by atoms with Gasteiger partial charge >= 0.3 is 5.97 Å². The maximum atomic E-state index is 14.1. The van der Waals surface area contributed by atoms with Crippen molar-refractivity contribution in [3.05, 3.63) is 133 Å². The van der Waals surface area contributed by atoms with Crippen LogP contribution in [0.4, 0.5) is 0 Å². The van der Waals surface area contributed by atoms with Crippen molar-refractivity contribution >= 4 is 11.9 Å². The van der Waals surface area contributed by atoms with Crippen LogP contribution in [0.15, 0.2) is 116 Å². The zero-order chi connectivity index (χ0) is 30.6. The Morgan fingerprint density at radius 1 is 0.795 bits per heavy atom. The highest BCUT2D eigenvalue weighted by Gasteiger charge is 2.51. The van der Waals surface area contributed by atoms with Crippen LogP contribution in [0, 0.1) is 0 Å². The molecule has 5 rings (SSSR count). The largest absolute Gasteiger partial charge is 0.462 e. The Morgan fingerprint density at radius 2 is 1.34 bits per heavy atom. The van der Waals surface area contributed by atoms with Gasteiger partial charge in [-0.1, -0.05) is 97.1 Å². The molecular weight excluding hydrogens is 560 g/mol. The summed E-state index contributed by atoms with van der Waals surface area (Å²) in [5.74, 6) is -0.816. The first-order valence-electron chi connectivity index (χ1n) is 14.5. The molecule has 44 heavy (non-hydrogen) atoms. The Labute approximate surface area is 256 Å². The molecule has 0 radical (unpaired) electrons. The Balaban J connectivity index is 1.44. The first kappa shape index (κ1) is 30.8. The van der Waals surface area contributed by atoms with Gasteiger partial charge in [0.05, 0.1) is 25.9 Å². The van der Waals surface area contributed by atoms with E-state index in [9.17, 15) is 9.59 Å². The first-order chi connectivity index (χ1) is 21.6. The molecule has 1 aromatic heterocycles. The molecule has 3 aromatic carbocycles. The van der Waals surface area contributed by atoms with Crippen molar-refractivity contribution in [3.63, 3.8) is 0 Å². The summed E-state index contributed by atoms with van der Waals surface area (Å²) >= 11 is 0. The summed E-state index contributed by atoms with van der Waals surface area (Å²) in [5.41, 5.74) is 2.81. The van der Waals surface area contributed by atoms with Gasteiger partial charge in [-0.25, -0.2) is 9.67 Å². The molecule has 4 aromatic rings. The number of amides is 1. The molecule has 0 spiro atoms. The van der Waals surface area contributed by atoms with Crippen molar-refractivity contribution in [3.8, 4) is 0 Å². The lowest BCUT2D eigenvalue weighted by molar-refractivity contribution is -0.212. The van der Waals surface area contributed by atoms with E-state index in [1.165, 1.54) is 17.3 Å². The number of carbonyl (C=O) groups is 2. The summed E-state index contributed by atoms with van der Waals surface area (Å²) < 4.78 is 26.5. The average molecular weight is 597 g/mol. The molecule has 0 saturated carbocycles. The van der Waals surface area contributed by atoms with Crippen molar-refractivity contribution < 1.29 is 28.5 Å². The second kappa shape index (κ2) is 15.7.